The van der Waals surface area contributed by atoms with Crippen LogP contribution in [0.4, 0.5) is 10.1 Å². The third kappa shape index (κ3) is 3.69. The average Bonchev–Trinajstić information content (AvgIpc) is 2.43. The van der Waals surface area contributed by atoms with Crippen molar-refractivity contribution in [3.05, 3.63) is 53.1 Å². The van der Waals surface area contributed by atoms with Gasteiger partial charge in [-0.05, 0) is 31.3 Å². The Morgan fingerprint density at radius 1 is 1.38 bits per heavy atom. The zero-order valence-corrected chi connectivity index (χ0v) is 12.7. The van der Waals surface area contributed by atoms with E-state index in [0.29, 0.717) is 0 Å². The predicted octanol–water partition coefficient (Wildman–Crippen LogP) is 2.39. The van der Waals surface area contributed by atoms with Gasteiger partial charge in [-0.1, -0.05) is 11.6 Å². The quantitative estimate of drug-likeness (QED) is 0.883. The van der Waals surface area contributed by atoms with E-state index in [1.54, 1.807) is 13.1 Å². The zero-order valence-electron chi connectivity index (χ0n) is 11.1. The Kier molecular flexibility index (Phi) is 4.76. The molecule has 0 atom stereocenters. The van der Waals surface area contributed by atoms with Crippen LogP contribution in [0.5, 0.6) is 0 Å². The monoisotopic (exact) mass is 329 g/mol. The summed E-state index contributed by atoms with van der Waals surface area (Å²) in [4.78, 5) is 3.30. The van der Waals surface area contributed by atoms with Crippen molar-refractivity contribution in [2.45, 2.75) is 11.4 Å². The van der Waals surface area contributed by atoms with Crippen LogP contribution < -0.4 is 10.0 Å². The van der Waals surface area contributed by atoms with E-state index in [-0.39, 0.29) is 22.8 Å². The Morgan fingerprint density at radius 3 is 2.76 bits per heavy atom. The minimum atomic E-state index is -4.08. The van der Waals surface area contributed by atoms with Crippen molar-refractivity contribution in [1.29, 1.82) is 0 Å². The molecule has 0 amide bonds. The van der Waals surface area contributed by atoms with Gasteiger partial charge in [0.1, 0.15) is 10.7 Å². The second kappa shape index (κ2) is 6.38. The summed E-state index contributed by atoms with van der Waals surface area (Å²) in [6, 6.07) is 5.55. The minimum absolute atomic E-state index is 0.146. The molecule has 0 unspecified atom stereocenters. The average molecular weight is 330 g/mol. The van der Waals surface area contributed by atoms with Crippen LogP contribution in [0.3, 0.4) is 0 Å². The summed E-state index contributed by atoms with van der Waals surface area (Å²) in [5.74, 6) is -0.829. The van der Waals surface area contributed by atoms with Crippen LogP contribution in [0.1, 0.15) is 5.56 Å². The molecule has 0 radical (unpaired) electrons. The topological polar surface area (TPSA) is 71.1 Å². The molecule has 0 fully saturated rings. The molecule has 2 N–H and O–H groups in total. The molecule has 0 bridgehead atoms. The molecule has 0 aliphatic rings. The summed E-state index contributed by atoms with van der Waals surface area (Å²) >= 11 is 5.87. The van der Waals surface area contributed by atoms with Crippen LogP contribution in [0.25, 0.3) is 0 Å². The van der Waals surface area contributed by atoms with Gasteiger partial charge in [0.05, 0.1) is 11.9 Å². The fourth-order valence-corrected chi connectivity index (χ4v) is 3.26. The van der Waals surface area contributed by atoms with Crippen molar-refractivity contribution in [2.24, 2.45) is 0 Å². The minimum Gasteiger partial charge on any atom is -0.316 e. The highest BCUT2D eigenvalue weighted by molar-refractivity contribution is 7.92. The van der Waals surface area contributed by atoms with E-state index in [4.69, 9.17) is 11.6 Å². The molecule has 0 saturated carbocycles. The van der Waals surface area contributed by atoms with E-state index in [9.17, 15) is 12.8 Å². The summed E-state index contributed by atoms with van der Waals surface area (Å²) in [7, 11) is -2.46. The lowest BCUT2D eigenvalue weighted by Gasteiger charge is -2.11. The fourth-order valence-electron chi connectivity index (χ4n) is 1.77. The highest BCUT2D eigenvalue weighted by Crippen LogP contribution is 2.25. The van der Waals surface area contributed by atoms with Gasteiger partial charge in [-0.3, -0.25) is 9.71 Å². The molecule has 1 aromatic heterocycles. The zero-order chi connectivity index (χ0) is 15.5. The molecule has 1 aromatic carbocycles. The SMILES string of the molecule is CNCc1cc(Cl)cc(S(=O)(=O)Nc2cccnc2)c1F. The van der Waals surface area contributed by atoms with Crippen molar-refractivity contribution >= 4 is 27.3 Å². The first-order valence-corrected chi connectivity index (χ1v) is 7.85. The van der Waals surface area contributed by atoms with Gasteiger partial charge >= 0.3 is 0 Å². The molecule has 21 heavy (non-hydrogen) atoms. The number of halogens is 2. The first-order chi connectivity index (χ1) is 9.94. The lowest BCUT2D eigenvalue weighted by molar-refractivity contribution is 0.556. The second-order valence-corrected chi connectivity index (χ2v) is 6.34. The van der Waals surface area contributed by atoms with Gasteiger partial charge in [-0.25, -0.2) is 12.8 Å². The number of nitrogens with one attached hydrogen (secondary N) is 2. The first kappa shape index (κ1) is 15.7. The van der Waals surface area contributed by atoms with Gasteiger partial charge in [0.15, 0.2) is 0 Å². The van der Waals surface area contributed by atoms with Gasteiger partial charge in [0.2, 0.25) is 0 Å². The molecule has 0 saturated heterocycles. The van der Waals surface area contributed by atoms with Gasteiger partial charge < -0.3 is 5.32 Å². The van der Waals surface area contributed by atoms with E-state index in [2.05, 4.69) is 15.0 Å². The molecule has 2 aromatic rings. The summed E-state index contributed by atoms with van der Waals surface area (Å²) < 4.78 is 41.1. The van der Waals surface area contributed by atoms with Crippen LogP contribution in [0.15, 0.2) is 41.6 Å². The maximum absolute atomic E-state index is 14.3. The van der Waals surface area contributed by atoms with E-state index in [1.807, 2.05) is 0 Å². The van der Waals surface area contributed by atoms with Crippen LogP contribution >= 0.6 is 11.6 Å². The summed E-state index contributed by atoms with van der Waals surface area (Å²) in [6.07, 6.45) is 2.83. The number of aromatic nitrogens is 1. The third-order valence-corrected chi connectivity index (χ3v) is 4.25. The largest absolute Gasteiger partial charge is 0.316 e. The number of anilines is 1. The van der Waals surface area contributed by atoms with Crippen molar-refractivity contribution in [3.63, 3.8) is 0 Å². The fraction of sp³-hybridized carbons (Fsp3) is 0.154. The molecule has 1 heterocycles. The molecule has 2 rings (SSSR count). The van der Waals surface area contributed by atoms with Gasteiger partial charge in [0, 0.05) is 23.3 Å². The van der Waals surface area contributed by atoms with Crippen molar-refractivity contribution in [1.82, 2.24) is 10.3 Å². The number of pyridine rings is 1. The highest BCUT2D eigenvalue weighted by atomic mass is 35.5. The Hall–Kier alpha value is -1.70. The third-order valence-electron chi connectivity index (χ3n) is 2.65. The van der Waals surface area contributed by atoms with E-state index in [0.717, 1.165) is 6.07 Å². The Labute approximate surface area is 127 Å². The molecule has 5 nitrogen and oxygen atoms in total. The van der Waals surface area contributed by atoms with Crippen molar-refractivity contribution in [2.75, 3.05) is 11.8 Å². The number of rotatable bonds is 5. The summed E-state index contributed by atoms with van der Waals surface area (Å²) in [5, 5.41) is 2.90. The Balaban J connectivity index is 2.45. The van der Waals surface area contributed by atoms with Crippen LogP contribution in [-0.2, 0) is 16.6 Å². The summed E-state index contributed by atoms with van der Waals surface area (Å²) in [5.41, 5.74) is 0.420. The van der Waals surface area contributed by atoms with Crippen molar-refractivity contribution in [3.8, 4) is 0 Å². The van der Waals surface area contributed by atoms with Gasteiger partial charge in [-0.15, -0.1) is 0 Å². The molecule has 0 aliphatic carbocycles. The number of sulfonamides is 1. The van der Waals surface area contributed by atoms with E-state index in [1.165, 1.54) is 24.5 Å². The molecular weight excluding hydrogens is 317 g/mol. The number of hydrogen-bond acceptors (Lipinski definition) is 4. The number of hydrogen-bond donors (Lipinski definition) is 2. The lowest BCUT2D eigenvalue weighted by atomic mass is 10.2. The van der Waals surface area contributed by atoms with Crippen molar-refractivity contribution < 1.29 is 12.8 Å². The van der Waals surface area contributed by atoms with Gasteiger partial charge in [0.25, 0.3) is 10.0 Å². The van der Waals surface area contributed by atoms with Gasteiger partial charge in [-0.2, -0.15) is 0 Å². The summed E-state index contributed by atoms with van der Waals surface area (Å²) in [6.45, 7) is 0.168. The first-order valence-electron chi connectivity index (χ1n) is 5.99. The molecule has 0 spiro atoms. The van der Waals surface area contributed by atoms with Crippen LogP contribution in [0, 0.1) is 5.82 Å². The van der Waals surface area contributed by atoms with Crippen LogP contribution in [0.2, 0.25) is 5.02 Å². The molecular formula is C13H13ClFN3O2S. The molecule has 112 valence electrons. The molecule has 0 aliphatic heterocycles. The van der Waals surface area contributed by atoms with Crippen LogP contribution in [-0.4, -0.2) is 20.4 Å². The normalized spacial score (nSPS) is 11.4. The number of benzene rings is 1. The smallest absolute Gasteiger partial charge is 0.264 e. The maximum Gasteiger partial charge on any atom is 0.264 e. The Morgan fingerprint density at radius 2 is 2.14 bits per heavy atom. The lowest BCUT2D eigenvalue weighted by Crippen LogP contribution is -2.17. The molecule has 8 heteroatoms. The second-order valence-electron chi connectivity index (χ2n) is 4.25. The standard InChI is InChI=1S/C13H13ClFN3O2S/c1-16-7-9-5-10(14)6-12(13(9)15)21(19,20)18-11-3-2-4-17-8-11/h2-6,8,16,18H,7H2,1H3. The Bertz CT molecular complexity index is 739. The number of nitrogens with zero attached hydrogens (tertiary/aromatic N) is 1. The highest BCUT2D eigenvalue weighted by Gasteiger charge is 2.22. The van der Waals surface area contributed by atoms with E-state index < -0.39 is 20.7 Å². The van der Waals surface area contributed by atoms with E-state index >= 15 is 0 Å². The predicted molar refractivity (Wildman–Crippen MR) is 79.2 cm³/mol. The maximum atomic E-state index is 14.3.